The maximum atomic E-state index is 12.6. The maximum absolute atomic E-state index is 12.6. The van der Waals surface area contributed by atoms with Crippen molar-refractivity contribution in [3.8, 4) is 0 Å². The Morgan fingerprint density at radius 1 is 1.27 bits per heavy atom. The molecule has 0 aliphatic carbocycles. The molecule has 1 aromatic carbocycles. The minimum atomic E-state index is -0.618. The summed E-state index contributed by atoms with van der Waals surface area (Å²) in [5.41, 5.74) is 0.361. The molecule has 1 N–H and O–H groups in total. The molecule has 0 unspecified atom stereocenters. The quantitative estimate of drug-likeness (QED) is 0.804. The second-order valence-corrected chi connectivity index (χ2v) is 4.31. The Morgan fingerprint density at radius 2 is 1.87 bits per heavy atom. The lowest BCUT2D eigenvalue weighted by Crippen LogP contribution is -2.17. The van der Waals surface area contributed by atoms with Crippen LogP contribution >= 0.6 is 0 Å². The van der Waals surface area contributed by atoms with Gasteiger partial charge in [0.15, 0.2) is 0 Å². The molecule has 0 fully saturated rings. The standard InChI is InChI=1S/C13H17FO/c1-13(2,15)10-4-3-5-11-6-8-12(14)9-7-11/h3,5-9,15H,4,10H2,1-2H3/b5-3+. The molecule has 1 aromatic rings. The predicted molar refractivity (Wildman–Crippen MR) is 61.0 cm³/mol. The highest BCUT2D eigenvalue weighted by atomic mass is 19.1. The fourth-order valence-electron chi connectivity index (χ4n) is 1.23. The van der Waals surface area contributed by atoms with Gasteiger partial charge in [-0.15, -0.1) is 0 Å². The average molecular weight is 208 g/mol. The van der Waals surface area contributed by atoms with Crippen LogP contribution in [0.4, 0.5) is 4.39 Å². The van der Waals surface area contributed by atoms with E-state index >= 15 is 0 Å². The van der Waals surface area contributed by atoms with Crippen molar-refractivity contribution in [2.24, 2.45) is 0 Å². The van der Waals surface area contributed by atoms with Gasteiger partial charge in [0.2, 0.25) is 0 Å². The molecule has 0 heterocycles. The summed E-state index contributed by atoms with van der Waals surface area (Å²) in [5.74, 6) is -0.219. The first-order valence-corrected chi connectivity index (χ1v) is 5.12. The van der Waals surface area contributed by atoms with Crippen molar-refractivity contribution in [1.82, 2.24) is 0 Å². The number of hydrogen-bond donors (Lipinski definition) is 1. The van der Waals surface area contributed by atoms with Crippen LogP contribution in [0.3, 0.4) is 0 Å². The van der Waals surface area contributed by atoms with Gasteiger partial charge in [-0.3, -0.25) is 0 Å². The zero-order chi connectivity index (χ0) is 11.3. The van der Waals surface area contributed by atoms with Crippen LogP contribution in [0.2, 0.25) is 0 Å². The zero-order valence-corrected chi connectivity index (χ0v) is 9.20. The van der Waals surface area contributed by atoms with Crippen molar-refractivity contribution in [3.63, 3.8) is 0 Å². The van der Waals surface area contributed by atoms with Gasteiger partial charge in [-0.05, 0) is 44.4 Å². The van der Waals surface area contributed by atoms with Gasteiger partial charge in [0.25, 0.3) is 0 Å². The Hall–Kier alpha value is -1.15. The van der Waals surface area contributed by atoms with Crippen LogP contribution in [0.1, 0.15) is 32.3 Å². The third kappa shape index (κ3) is 5.33. The molecule has 2 heteroatoms. The van der Waals surface area contributed by atoms with E-state index in [1.165, 1.54) is 12.1 Å². The molecule has 1 rings (SSSR count). The zero-order valence-electron chi connectivity index (χ0n) is 9.20. The van der Waals surface area contributed by atoms with Crippen LogP contribution in [0.25, 0.3) is 6.08 Å². The van der Waals surface area contributed by atoms with Crippen molar-refractivity contribution in [2.75, 3.05) is 0 Å². The molecule has 0 radical (unpaired) electrons. The summed E-state index contributed by atoms with van der Waals surface area (Å²) in [6, 6.07) is 6.34. The summed E-state index contributed by atoms with van der Waals surface area (Å²) in [4.78, 5) is 0. The van der Waals surface area contributed by atoms with Gasteiger partial charge in [-0.25, -0.2) is 4.39 Å². The summed E-state index contributed by atoms with van der Waals surface area (Å²) >= 11 is 0. The van der Waals surface area contributed by atoms with Crippen LogP contribution < -0.4 is 0 Å². The normalized spacial score (nSPS) is 12.3. The number of benzene rings is 1. The summed E-state index contributed by atoms with van der Waals surface area (Å²) < 4.78 is 12.6. The monoisotopic (exact) mass is 208 g/mol. The number of allylic oxidation sites excluding steroid dienone is 1. The van der Waals surface area contributed by atoms with Gasteiger partial charge < -0.3 is 5.11 Å². The highest BCUT2D eigenvalue weighted by Gasteiger charge is 2.09. The third-order valence-corrected chi connectivity index (χ3v) is 2.10. The van der Waals surface area contributed by atoms with Crippen LogP contribution in [0.15, 0.2) is 30.3 Å². The Labute approximate surface area is 90.3 Å². The van der Waals surface area contributed by atoms with Gasteiger partial charge in [-0.2, -0.15) is 0 Å². The Balaban J connectivity index is 2.42. The molecule has 0 aliphatic rings. The number of rotatable bonds is 4. The van der Waals surface area contributed by atoms with Crippen LogP contribution in [-0.4, -0.2) is 10.7 Å². The lowest BCUT2D eigenvalue weighted by Gasteiger charge is -2.14. The molecule has 0 saturated carbocycles. The maximum Gasteiger partial charge on any atom is 0.123 e. The van der Waals surface area contributed by atoms with Crippen molar-refractivity contribution < 1.29 is 9.50 Å². The summed E-state index contributed by atoms with van der Waals surface area (Å²) in [5, 5.41) is 9.47. The number of aliphatic hydroxyl groups is 1. The van der Waals surface area contributed by atoms with E-state index in [-0.39, 0.29) is 5.82 Å². The van der Waals surface area contributed by atoms with Gasteiger partial charge in [0.05, 0.1) is 5.60 Å². The second-order valence-electron chi connectivity index (χ2n) is 4.31. The van der Waals surface area contributed by atoms with E-state index < -0.39 is 5.60 Å². The highest BCUT2D eigenvalue weighted by molar-refractivity contribution is 5.48. The molecule has 0 aromatic heterocycles. The SMILES string of the molecule is CC(C)(O)CC/C=C/c1ccc(F)cc1. The predicted octanol–water partition coefficient (Wildman–Crippen LogP) is 3.39. The minimum absolute atomic E-state index is 0.219. The topological polar surface area (TPSA) is 20.2 Å². The lowest BCUT2D eigenvalue weighted by atomic mass is 10.0. The molecule has 0 atom stereocenters. The number of hydrogen-bond acceptors (Lipinski definition) is 1. The summed E-state index contributed by atoms with van der Waals surface area (Å²) in [6.45, 7) is 3.58. The highest BCUT2D eigenvalue weighted by Crippen LogP contribution is 2.12. The molecular weight excluding hydrogens is 191 g/mol. The molecule has 0 saturated heterocycles. The van der Waals surface area contributed by atoms with E-state index in [4.69, 9.17) is 0 Å². The number of halogens is 1. The van der Waals surface area contributed by atoms with Crippen molar-refractivity contribution >= 4 is 6.08 Å². The molecule has 15 heavy (non-hydrogen) atoms. The Kier molecular flexibility index (Phi) is 4.04. The minimum Gasteiger partial charge on any atom is -0.390 e. The van der Waals surface area contributed by atoms with E-state index in [2.05, 4.69) is 0 Å². The van der Waals surface area contributed by atoms with Gasteiger partial charge in [0.1, 0.15) is 5.82 Å². The van der Waals surface area contributed by atoms with Gasteiger partial charge in [0, 0.05) is 0 Å². The van der Waals surface area contributed by atoms with Crippen LogP contribution in [0, 0.1) is 5.82 Å². The van der Waals surface area contributed by atoms with Crippen molar-refractivity contribution in [2.45, 2.75) is 32.3 Å². The third-order valence-electron chi connectivity index (χ3n) is 2.10. The lowest BCUT2D eigenvalue weighted by molar-refractivity contribution is 0.0722. The van der Waals surface area contributed by atoms with E-state index in [0.29, 0.717) is 0 Å². The van der Waals surface area contributed by atoms with Gasteiger partial charge in [-0.1, -0.05) is 24.3 Å². The smallest absolute Gasteiger partial charge is 0.123 e. The Morgan fingerprint density at radius 3 is 2.40 bits per heavy atom. The van der Waals surface area contributed by atoms with E-state index in [1.807, 2.05) is 12.2 Å². The van der Waals surface area contributed by atoms with Gasteiger partial charge >= 0.3 is 0 Å². The molecule has 0 amide bonds. The van der Waals surface area contributed by atoms with Crippen LogP contribution in [0.5, 0.6) is 0 Å². The average Bonchev–Trinajstić information content (AvgIpc) is 2.14. The Bertz CT molecular complexity index is 319. The van der Waals surface area contributed by atoms with Crippen molar-refractivity contribution in [1.29, 1.82) is 0 Å². The molecule has 82 valence electrons. The molecule has 0 aliphatic heterocycles. The van der Waals surface area contributed by atoms with E-state index in [9.17, 15) is 9.50 Å². The first kappa shape index (κ1) is 11.9. The molecule has 1 nitrogen and oxygen atoms in total. The molecular formula is C13H17FO. The molecule has 0 bridgehead atoms. The summed E-state index contributed by atoms with van der Waals surface area (Å²) in [7, 11) is 0. The summed E-state index contributed by atoms with van der Waals surface area (Å²) in [6.07, 6.45) is 5.47. The van der Waals surface area contributed by atoms with E-state index in [1.54, 1.807) is 26.0 Å². The van der Waals surface area contributed by atoms with E-state index in [0.717, 1.165) is 18.4 Å². The first-order valence-electron chi connectivity index (χ1n) is 5.12. The fraction of sp³-hybridized carbons (Fsp3) is 0.385. The second kappa shape index (κ2) is 5.08. The largest absolute Gasteiger partial charge is 0.390 e. The first-order chi connectivity index (χ1) is 6.97. The molecule has 0 spiro atoms. The van der Waals surface area contributed by atoms with Crippen LogP contribution in [-0.2, 0) is 0 Å². The fourth-order valence-corrected chi connectivity index (χ4v) is 1.23. The van der Waals surface area contributed by atoms with Crippen molar-refractivity contribution in [3.05, 3.63) is 41.7 Å².